The maximum atomic E-state index is 5.30. The van der Waals surface area contributed by atoms with Gasteiger partial charge in [-0.15, -0.1) is 0 Å². The first-order valence-corrected chi connectivity index (χ1v) is 7.57. The van der Waals surface area contributed by atoms with E-state index >= 15 is 0 Å². The van der Waals surface area contributed by atoms with Crippen molar-refractivity contribution in [3.63, 3.8) is 0 Å². The minimum absolute atomic E-state index is 0.444. The van der Waals surface area contributed by atoms with Gasteiger partial charge in [-0.3, -0.25) is 3.97 Å². The summed E-state index contributed by atoms with van der Waals surface area (Å²) < 4.78 is 7.08. The zero-order valence-electron chi connectivity index (χ0n) is 12.3. The van der Waals surface area contributed by atoms with Crippen LogP contribution in [0.1, 0.15) is 19.4 Å². The van der Waals surface area contributed by atoms with Crippen molar-refractivity contribution in [2.75, 3.05) is 31.2 Å². The van der Waals surface area contributed by atoms with Gasteiger partial charge in [0.05, 0.1) is 30.5 Å². The van der Waals surface area contributed by atoms with Crippen LogP contribution in [0.3, 0.4) is 0 Å². The third-order valence-corrected chi connectivity index (χ3v) is 4.35. The molecule has 2 fully saturated rings. The van der Waals surface area contributed by atoms with Gasteiger partial charge < -0.3 is 9.64 Å². The lowest BCUT2D eigenvalue weighted by molar-refractivity contribution is -0.127. The van der Waals surface area contributed by atoms with Gasteiger partial charge in [0.15, 0.2) is 0 Å². The lowest BCUT2D eigenvalue weighted by atomic mass is 9.78. The van der Waals surface area contributed by atoms with Crippen molar-refractivity contribution in [2.45, 2.75) is 20.8 Å². The van der Waals surface area contributed by atoms with Crippen LogP contribution in [0.4, 0.5) is 5.69 Å². The van der Waals surface area contributed by atoms with Crippen molar-refractivity contribution >= 4 is 29.5 Å². The van der Waals surface area contributed by atoms with Gasteiger partial charge in [-0.1, -0.05) is 26.7 Å². The van der Waals surface area contributed by atoms with Gasteiger partial charge in [-0.2, -0.15) is 0 Å². The van der Waals surface area contributed by atoms with Gasteiger partial charge in [0.25, 0.3) is 0 Å². The Balaban J connectivity index is 0.000000581. The quantitative estimate of drug-likeness (QED) is 0.820. The molecular formula is C15H21N3OS. The van der Waals surface area contributed by atoms with Crippen molar-refractivity contribution in [3.8, 4) is 0 Å². The minimum atomic E-state index is 0.444. The van der Waals surface area contributed by atoms with Gasteiger partial charge in [-0.05, 0) is 18.6 Å². The fraction of sp³-hybridized carbons (Fsp3) is 0.533. The van der Waals surface area contributed by atoms with Crippen LogP contribution in [0.15, 0.2) is 18.5 Å². The third kappa shape index (κ3) is 2.00. The Kier molecular flexibility index (Phi) is 3.42. The van der Waals surface area contributed by atoms with Crippen LogP contribution in [0.5, 0.6) is 0 Å². The molecule has 0 aliphatic carbocycles. The molecule has 0 N–H and O–H groups in total. The molecule has 0 unspecified atom stereocenters. The SMILES string of the molecule is CC.Cc1cn(S)c2ncc(N3CC4(COC4)C3)cc12. The number of thiol groups is 1. The van der Waals surface area contributed by atoms with Gasteiger partial charge in [0, 0.05) is 24.7 Å². The van der Waals surface area contributed by atoms with Crippen molar-refractivity contribution in [1.82, 2.24) is 8.96 Å². The molecule has 0 amide bonds. The molecule has 2 saturated heterocycles. The zero-order chi connectivity index (χ0) is 14.3. The number of nitrogens with zero attached hydrogens (tertiary/aromatic N) is 3. The van der Waals surface area contributed by atoms with Crippen molar-refractivity contribution in [1.29, 1.82) is 0 Å². The topological polar surface area (TPSA) is 30.3 Å². The number of rotatable bonds is 1. The average molecular weight is 291 g/mol. The van der Waals surface area contributed by atoms with Gasteiger partial charge in [0.2, 0.25) is 0 Å². The average Bonchev–Trinajstić information content (AvgIpc) is 2.64. The summed E-state index contributed by atoms with van der Waals surface area (Å²) in [6, 6.07) is 2.22. The van der Waals surface area contributed by atoms with E-state index in [1.54, 1.807) is 3.97 Å². The van der Waals surface area contributed by atoms with E-state index in [2.05, 4.69) is 35.7 Å². The zero-order valence-corrected chi connectivity index (χ0v) is 13.2. The maximum absolute atomic E-state index is 5.30. The van der Waals surface area contributed by atoms with Crippen LogP contribution >= 0.6 is 12.8 Å². The molecule has 0 saturated carbocycles. The molecule has 0 radical (unpaired) electrons. The second kappa shape index (κ2) is 4.97. The summed E-state index contributed by atoms with van der Waals surface area (Å²) in [5.41, 5.74) is 3.81. The maximum Gasteiger partial charge on any atom is 0.150 e. The standard InChI is InChI=1S/C13H15N3OS.C2H6/c1-9-4-16(18)12-11(9)2-10(3-14-12)15-5-13(6-15)7-17-8-13;1-2/h2-4,18H,5-8H2,1H3;1-2H3. The van der Waals surface area contributed by atoms with E-state index in [-0.39, 0.29) is 0 Å². The molecule has 20 heavy (non-hydrogen) atoms. The Labute approximate surface area is 125 Å². The number of anilines is 1. The first-order chi connectivity index (χ1) is 9.67. The molecule has 108 valence electrons. The van der Waals surface area contributed by atoms with Crippen molar-refractivity contribution in [3.05, 3.63) is 24.0 Å². The van der Waals surface area contributed by atoms with E-state index in [1.807, 2.05) is 26.2 Å². The third-order valence-electron chi connectivity index (χ3n) is 4.04. The second-order valence-electron chi connectivity index (χ2n) is 5.57. The molecule has 4 rings (SSSR count). The normalized spacial score (nSPS) is 19.3. The molecule has 4 nitrogen and oxygen atoms in total. The molecular weight excluding hydrogens is 270 g/mol. The van der Waals surface area contributed by atoms with Crippen LogP contribution in [-0.2, 0) is 4.74 Å². The van der Waals surface area contributed by atoms with E-state index < -0.39 is 0 Å². The predicted octanol–water partition coefficient (Wildman–Crippen LogP) is 2.90. The number of ether oxygens (including phenoxy) is 1. The van der Waals surface area contributed by atoms with Crippen LogP contribution in [0, 0.1) is 12.3 Å². The first-order valence-electron chi connectivity index (χ1n) is 7.17. The highest BCUT2D eigenvalue weighted by Gasteiger charge is 2.49. The van der Waals surface area contributed by atoms with E-state index in [0.29, 0.717) is 5.41 Å². The molecule has 2 aliphatic rings. The number of hydrogen-bond donors (Lipinski definition) is 1. The lowest BCUT2D eigenvalue weighted by Gasteiger charge is -2.55. The van der Waals surface area contributed by atoms with E-state index in [4.69, 9.17) is 4.74 Å². The van der Waals surface area contributed by atoms with Gasteiger partial charge >= 0.3 is 0 Å². The monoisotopic (exact) mass is 291 g/mol. The highest BCUT2D eigenvalue weighted by Crippen LogP contribution is 2.40. The summed E-state index contributed by atoms with van der Waals surface area (Å²) in [7, 11) is 0. The highest BCUT2D eigenvalue weighted by molar-refractivity contribution is 7.78. The van der Waals surface area contributed by atoms with Crippen molar-refractivity contribution in [2.24, 2.45) is 5.41 Å². The van der Waals surface area contributed by atoms with Crippen LogP contribution < -0.4 is 4.90 Å². The number of hydrogen-bond acceptors (Lipinski definition) is 4. The first kappa shape index (κ1) is 13.8. The van der Waals surface area contributed by atoms with Crippen molar-refractivity contribution < 1.29 is 4.74 Å². The largest absolute Gasteiger partial charge is 0.380 e. The van der Waals surface area contributed by atoms with Crippen LogP contribution in [0.2, 0.25) is 0 Å². The summed E-state index contributed by atoms with van der Waals surface area (Å²) in [6.45, 7) is 10.1. The number of aromatic nitrogens is 2. The fourth-order valence-electron chi connectivity index (χ4n) is 2.93. The second-order valence-corrected chi connectivity index (χ2v) is 6.00. The van der Waals surface area contributed by atoms with Gasteiger partial charge in [-0.25, -0.2) is 4.98 Å². The van der Waals surface area contributed by atoms with E-state index in [0.717, 1.165) is 32.0 Å². The van der Waals surface area contributed by atoms with Crippen LogP contribution in [-0.4, -0.2) is 35.3 Å². The van der Waals surface area contributed by atoms with E-state index in [9.17, 15) is 0 Å². The Hall–Kier alpha value is -1.20. The molecule has 4 heterocycles. The molecule has 2 aromatic rings. The molecule has 0 atom stereocenters. The number of aryl methyl sites for hydroxylation is 1. The lowest BCUT2D eigenvalue weighted by Crippen LogP contribution is -2.66. The molecule has 2 aromatic heterocycles. The summed E-state index contributed by atoms with van der Waals surface area (Å²) in [5, 5.41) is 1.19. The molecule has 2 aliphatic heterocycles. The molecule has 1 spiro atoms. The smallest absolute Gasteiger partial charge is 0.150 e. The number of fused-ring (bicyclic) bond motifs is 1. The van der Waals surface area contributed by atoms with E-state index in [1.165, 1.54) is 16.6 Å². The Morgan fingerprint density at radius 1 is 1.30 bits per heavy atom. The summed E-state index contributed by atoms with van der Waals surface area (Å²) in [5.74, 6) is 0. The van der Waals surface area contributed by atoms with Gasteiger partial charge in [0.1, 0.15) is 5.65 Å². The Morgan fingerprint density at radius 2 is 2.00 bits per heavy atom. The summed E-state index contributed by atoms with van der Waals surface area (Å²) in [4.78, 5) is 6.89. The Morgan fingerprint density at radius 3 is 2.60 bits per heavy atom. The molecule has 0 aromatic carbocycles. The highest BCUT2D eigenvalue weighted by atomic mass is 32.1. The fourth-order valence-corrected chi connectivity index (χ4v) is 3.26. The molecule has 0 bridgehead atoms. The minimum Gasteiger partial charge on any atom is -0.380 e. The van der Waals surface area contributed by atoms with Crippen LogP contribution in [0.25, 0.3) is 11.0 Å². The summed E-state index contributed by atoms with van der Waals surface area (Å²) in [6.07, 6.45) is 3.95. The number of pyridine rings is 1. The molecule has 5 heteroatoms. The predicted molar refractivity (Wildman–Crippen MR) is 85.7 cm³/mol. The Bertz CT molecular complexity index is 625. The summed E-state index contributed by atoms with van der Waals surface area (Å²) >= 11 is 4.37.